The highest BCUT2D eigenvalue weighted by atomic mass is 16.5. The van der Waals surface area contributed by atoms with Crippen molar-refractivity contribution in [3.8, 4) is 0 Å². The van der Waals surface area contributed by atoms with Gasteiger partial charge in [-0.1, -0.05) is 6.07 Å². The monoisotopic (exact) mass is 274 g/mol. The number of piperidine rings is 1. The molecule has 1 aromatic carbocycles. The van der Waals surface area contributed by atoms with Crippen molar-refractivity contribution in [3.05, 3.63) is 34.9 Å². The minimum atomic E-state index is 0.158. The molecule has 4 heteroatoms. The number of amides is 1. The largest absolute Gasteiger partial charge is 0.372 e. The fourth-order valence-corrected chi connectivity index (χ4v) is 3.15. The first kappa shape index (κ1) is 13.6. The van der Waals surface area contributed by atoms with Gasteiger partial charge in [0.15, 0.2) is 0 Å². The number of ether oxygens (including phenoxy) is 1. The molecule has 1 aromatic rings. The van der Waals surface area contributed by atoms with Gasteiger partial charge in [-0.05, 0) is 55.0 Å². The number of hydrogen-bond acceptors (Lipinski definition) is 3. The molecular weight excluding hydrogens is 252 g/mol. The van der Waals surface area contributed by atoms with Gasteiger partial charge in [-0.25, -0.2) is 0 Å². The van der Waals surface area contributed by atoms with Crippen LogP contribution in [0.25, 0.3) is 0 Å². The summed E-state index contributed by atoms with van der Waals surface area (Å²) in [6.07, 6.45) is 3.24. The van der Waals surface area contributed by atoms with Crippen molar-refractivity contribution in [3.63, 3.8) is 0 Å². The van der Waals surface area contributed by atoms with E-state index in [1.165, 1.54) is 5.56 Å². The second-order valence-electron chi connectivity index (χ2n) is 5.79. The van der Waals surface area contributed by atoms with Gasteiger partial charge in [0.2, 0.25) is 0 Å². The number of rotatable bonds is 3. The number of nitrogens with two attached hydrogens (primary N) is 1. The molecule has 2 aliphatic rings. The van der Waals surface area contributed by atoms with Gasteiger partial charge in [0.25, 0.3) is 5.91 Å². The minimum Gasteiger partial charge on any atom is -0.372 e. The molecule has 0 aromatic heterocycles. The fourth-order valence-electron chi connectivity index (χ4n) is 3.15. The lowest BCUT2D eigenvalue weighted by molar-refractivity contribution is 0.0688. The summed E-state index contributed by atoms with van der Waals surface area (Å²) in [4.78, 5) is 14.5. The van der Waals surface area contributed by atoms with Crippen LogP contribution in [0.1, 0.15) is 40.7 Å². The van der Waals surface area contributed by atoms with Gasteiger partial charge in [0, 0.05) is 18.7 Å². The molecule has 108 valence electrons. The number of carbonyl (C=O) groups excluding carboxylic acids is 1. The first-order chi connectivity index (χ1) is 9.78. The van der Waals surface area contributed by atoms with Gasteiger partial charge in [0.05, 0.1) is 13.2 Å². The van der Waals surface area contributed by atoms with Gasteiger partial charge in [-0.3, -0.25) is 4.79 Å². The zero-order chi connectivity index (χ0) is 13.9. The Morgan fingerprint density at radius 1 is 1.25 bits per heavy atom. The lowest BCUT2D eigenvalue weighted by Gasteiger charge is -2.32. The Morgan fingerprint density at radius 3 is 2.75 bits per heavy atom. The van der Waals surface area contributed by atoms with Crippen LogP contribution in [0.5, 0.6) is 0 Å². The van der Waals surface area contributed by atoms with Gasteiger partial charge in [-0.2, -0.15) is 0 Å². The zero-order valence-electron chi connectivity index (χ0n) is 11.8. The number of carbonyl (C=O) groups is 1. The average molecular weight is 274 g/mol. The number of fused-ring (bicyclic) bond motifs is 1. The van der Waals surface area contributed by atoms with E-state index in [1.54, 1.807) is 0 Å². The molecule has 2 heterocycles. The van der Waals surface area contributed by atoms with E-state index in [0.29, 0.717) is 19.1 Å². The number of nitrogens with zero attached hydrogens (tertiary/aromatic N) is 1. The van der Waals surface area contributed by atoms with E-state index in [0.717, 1.165) is 50.0 Å². The van der Waals surface area contributed by atoms with Crippen LogP contribution < -0.4 is 5.73 Å². The van der Waals surface area contributed by atoms with Crippen molar-refractivity contribution < 1.29 is 9.53 Å². The lowest BCUT2D eigenvalue weighted by Crippen LogP contribution is -2.38. The molecule has 0 spiro atoms. The average Bonchev–Trinajstić information content (AvgIpc) is 2.95. The molecule has 0 saturated carbocycles. The van der Waals surface area contributed by atoms with Crippen LogP contribution in [0.15, 0.2) is 18.2 Å². The summed E-state index contributed by atoms with van der Waals surface area (Å²) in [5.74, 6) is 0.850. The van der Waals surface area contributed by atoms with Gasteiger partial charge >= 0.3 is 0 Å². The fraction of sp³-hybridized carbons (Fsp3) is 0.562. The molecule has 1 amide bonds. The van der Waals surface area contributed by atoms with E-state index in [4.69, 9.17) is 10.5 Å². The summed E-state index contributed by atoms with van der Waals surface area (Å²) in [5.41, 5.74) is 8.77. The van der Waals surface area contributed by atoms with Gasteiger partial charge < -0.3 is 15.4 Å². The molecule has 1 saturated heterocycles. The Labute approximate surface area is 119 Å². The molecule has 2 aliphatic heterocycles. The zero-order valence-corrected chi connectivity index (χ0v) is 11.8. The maximum absolute atomic E-state index is 12.5. The summed E-state index contributed by atoms with van der Waals surface area (Å²) >= 11 is 0. The van der Waals surface area contributed by atoms with Crippen LogP contribution in [0, 0.1) is 5.92 Å². The van der Waals surface area contributed by atoms with Crippen LogP contribution in [0.2, 0.25) is 0 Å². The molecule has 0 atom stereocenters. The molecule has 3 rings (SSSR count). The van der Waals surface area contributed by atoms with E-state index in [2.05, 4.69) is 0 Å². The first-order valence-electron chi connectivity index (χ1n) is 7.47. The van der Waals surface area contributed by atoms with Crippen LogP contribution in [0.4, 0.5) is 0 Å². The van der Waals surface area contributed by atoms with E-state index < -0.39 is 0 Å². The molecule has 2 N–H and O–H groups in total. The van der Waals surface area contributed by atoms with Crippen molar-refractivity contribution in [2.75, 3.05) is 19.6 Å². The second kappa shape index (κ2) is 5.94. The predicted molar refractivity (Wildman–Crippen MR) is 77.2 cm³/mol. The maximum Gasteiger partial charge on any atom is 0.253 e. The summed E-state index contributed by atoms with van der Waals surface area (Å²) in [6, 6.07) is 5.95. The number of benzene rings is 1. The third-order valence-electron chi connectivity index (χ3n) is 4.45. The van der Waals surface area contributed by atoms with Crippen LogP contribution in [-0.2, 0) is 18.0 Å². The van der Waals surface area contributed by atoms with Crippen LogP contribution >= 0.6 is 0 Å². The highest BCUT2D eigenvalue weighted by molar-refractivity contribution is 5.94. The molecule has 1 fully saturated rings. The topological polar surface area (TPSA) is 55.6 Å². The molecule has 20 heavy (non-hydrogen) atoms. The molecule has 0 radical (unpaired) electrons. The van der Waals surface area contributed by atoms with Crippen molar-refractivity contribution in [1.29, 1.82) is 0 Å². The Kier molecular flexibility index (Phi) is 4.03. The van der Waals surface area contributed by atoms with E-state index in [1.807, 2.05) is 23.1 Å². The Morgan fingerprint density at radius 2 is 2.00 bits per heavy atom. The Hall–Kier alpha value is -1.39. The van der Waals surface area contributed by atoms with Crippen molar-refractivity contribution >= 4 is 5.91 Å². The molecular formula is C16H22N2O2. The SMILES string of the molecule is NCCC1CCN(C(=O)c2ccc3c(c2)COC3)CC1. The first-order valence-corrected chi connectivity index (χ1v) is 7.47. The van der Waals surface area contributed by atoms with Crippen molar-refractivity contribution in [1.82, 2.24) is 4.90 Å². The summed E-state index contributed by atoms with van der Waals surface area (Å²) < 4.78 is 5.40. The molecule has 0 bridgehead atoms. The van der Waals surface area contributed by atoms with Gasteiger partial charge in [-0.15, -0.1) is 0 Å². The normalized spacial score (nSPS) is 19.1. The Balaban J connectivity index is 1.65. The summed E-state index contributed by atoms with van der Waals surface area (Å²) in [5, 5.41) is 0. The van der Waals surface area contributed by atoms with Crippen LogP contribution in [0.3, 0.4) is 0 Å². The third kappa shape index (κ3) is 2.72. The summed E-state index contributed by atoms with van der Waals surface area (Å²) in [7, 11) is 0. The standard InChI is InChI=1S/C16H22N2O2/c17-6-3-12-4-7-18(8-5-12)16(19)13-1-2-14-10-20-11-15(14)9-13/h1-2,9,12H,3-8,10-11,17H2. The lowest BCUT2D eigenvalue weighted by atomic mass is 9.93. The highest BCUT2D eigenvalue weighted by Gasteiger charge is 2.24. The molecule has 4 nitrogen and oxygen atoms in total. The summed E-state index contributed by atoms with van der Waals surface area (Å²) in [6.45, 7) is 3.78. The highest BCUT2D eigenvalue weighted by Crippen LogP contribution is 2.24. The Bertz CT molecular complexity index is 493. The van der Waals surface area contributed by atoms with Gasteiger partial charge in [0.1, 0.15) is 0 Å². The van der Waals surface area contributed by atoms with E-state index >= 15 is 0 Å². The minimum absolute atomic E-state index is 0.158. The number of likely N-dealkylation sites (tertiary alicyclic amines) is 1. The molecule has 0 unspecified atom stereocenters. The van der Waals surface area contributed by atoms with Crippen molar-refractivity contribution in [2.45, 2.75) is 32.5 Å². The van der Waals surface area contributed by atoms with Crippen molar-refractivity contribution in [2.24, 2.45) is 11.7 Å². The smallest absolute Gasteiger partial charge is 0.253 e. The quantitative estimate of drug-likeness (QED) is 0.916. The van der Waals surface area contributed by atoms with E-state index in [-0.39, 0.29) is 5.91 Å². The third-order valence-corrected chi connectivity index (χ3v) is 4.45. The maximum atomic E-state index is 12.5. The number of hydrogen-bond donors (Lipinski definition) is 1. The molecule has 0 aliphatic carbocycles. The van der Waals surface area contributed by atoms with E-state index in [9.17, 15) is 4.79 Å². The second-order valence-corrected chi connectivity index (χ2v) is 5.79. The predicted octanol–water partition coefficient (Wildman–Crippen LogP) is 1.92. The van der Waals surface area contributed by atoms with Crippen LogP contribution in [-0.4, -0.2) is 30.4 Å².